The second-order valence-corrected chi connectivity index (χ2v) is 11.7. The van der Waals surface area contributed by atoms with Crippen molar-refractivity contribution in [3.05, 3.63) is 45.4 Å². The highest BCUT2D eigenvalue weighted by Crippen LogP contribution is 2.52. The number of hydrogen-bond acceptors (Lipinski definition) is 9. The molecule has 1 fully saturated rings. The van der Waals surface area contributed by atoms with Crippen molar-refractivity contribution in [1.29, 1.82) is 0 Å². The van der Waals surface area contributed by atoms with E-state index in [-0.39, 0.29) is 36.1 Å². The van der Waals surface area contributed by atoms with Gasteiger partial charge in [0.25, 0.3) is 5.91 Å². The molecule has 0 radical (unpaired) electrons. The number of carbonyl (C=O) groups excluding carboxylic acids is 3. The van der Waals surface area contributed by atoms with Gasteiger partial charge in [0.2, 0.25) is 5.78 Å². The number of aromatic hydroxyl groups is 1. The van der Waals surface area contributed by atoms with E-state index < -0.39 is 52.0 Å². The summed E-state index contributed by atoms with van der Waals surface area (Å²) < 4.78 is 5.78. The SMILES string of the molecule is COc1c(CN2CCC(C(C)C)CC2)cc(O)c2c1CC1C[C@H]3CC(O)=C(C(N)=O)C(=O)[C@@]3(O)C(O)=C1C2=O. The van der Waals surface area contributed by atoms with Crippen molar-refractivity contribution < 1.29 is 39.5 Å². The Balaban J connectivity index is 1.52. The number of likely N-dealkylation sites (tertiary alicyclic amines) is 1. The van der Waals surface area contributed by atoms with Gasteiger partial charge >= 0.3 is 0 Å². The molecule has 1 saturated heterocycles. The average Bonchev–Trinajstić information content (AvgIpc) is 2.86. The summed E-state index contributed by atoms with van der Waals surface area (Å²) in [4.78, 5) is 40.9. The Labute approximate surface area is 226 Å². The number of aliphatic hydroxyl groups is 3. The van der Waals surface area contributed by atoms with Gasteiger partial charge in [0.1, 0.15) is 28.6 Å². The first-order chi connectivity index (χ1) is 18.4. The van der Waals surface area contributed by atoms with Gasteiger partial charge in [-0.25, -0.2) is 0 Å². The van der Waals surface area contributed by atoms with Crippen molar-refractivity contribution >= 4 is 17.5 Å². The highest BCUT2D eigenvalue weighted by atomic mass is 16.5. The zero-order chi connectivity index (χ0) is 28.4. The van der Waals surface area contributed by atoms with Gasteiger partial charge in [-0.3, -0.25) is 19.3 Å². The molecule has 10 nitrogen and oxygen atoms in total. The summed E-state index contributed by atoms with van der Waals surface area (Å²) in [6.07, 6.45) is 2.22. The molecule has 4 aliphatic rings. The van der Waals surface area contributed by atoms with Crippen LogP contribution in [0.2, 0.25) is 0 Å². The number of methoxy groups -OCH3 is 1. The first kappa shape index (κ1) is 27.2. The van der Waals surface area contributed by atoms with Gasteiger partial charge in [-0.2, -0.15) is 0 Å². The van der Waals surface area contributed by atoms with Gasteiger partial charge in [0.15, 0.2) is 11.4 Å². The van der Waals surface area contributed by atoms with Crippen LogP contribution in [0.5, 0.6) is 11.5 Å². The lowest BCUT2D eigenvalue weighted by atomic mass is 9.60. The molecule has 6 N–H and O–H groups in total. The zero-order valence-electron chi connectivity index (χ0n) is 22.5. The van der Waals surface area contributed by atoms with Crippen LogP contribution in [-0.4, -0.2) is 68.6 Å². The van der Waals surface area contributed by atoms with Gasteiger partial charge in [-0.05, 0) is 62.6 Å². The first-order valence-electron chi connectivity index (χ1n) is 13.5. The lowest BCUT2D eigenvalue weighted by Gasteiger charge is -2.45. The Morgan fingerprint density at radius 3 is 2.44 bits per heavy atom. The summed E-state index contributed by atoms with van der Waals surface area (Å²) in [7, 11) is 1.52. The number of rotatable bonds is 5. The third-order valence-corrected chi connectivity index (χ3v) is 9.26. The number of fused-ring (bicyclic) bond motifs is 3. The molecule has 3 aliphatic carbocycles. The van der Waals surface area contributed by atoms with Crippen LogP contribution in [0.25, 0.3) is 0 Å². The molecule has 1 aliphatic heterocycles. The third-order valence-electron chi connectivity index (χ3n) is 9.26. The van der Waals surface area contributed by atoms with Crippen LogP contribution in [0.4, 0.5) is 0 Å². The number of benzene rings is 1. The smallest absolute Gasteiger partial charge is 0.255 e. The Kier molecular flexibility index (Phi) is 6.75. The number of phenolic OH excluding ortho intramolecular Hbond substituents is 1. The van der Waals surface area contributed by atoms with Crippen LogP contribution in [0.3, 0.4) is 0 Å². The number of ketones is 2. The quantitative estimate of drug-likeness (QED) is 0.352. The maximum atomic E-state index is 13.7. The van der Waals surface area contributed by atoms with Crippen molar-refractivity contribution in [2.75, 3.05) is 20.2 Å². The summed E-state index contributed by atoms with van der Waals surface area (Å²) in [5, 5.41) is 43.9. The van der Waals surface area contributed by atoms with E-state index in [9.17, 15) is 34.8 Å². The van der Waals surface area contributed by atoms with E-state index >= 15 is 0 Å². The lowest BCUT2D eigenvalue weighted by molar-refractivity contribution is -0.144. The summed E-state index contributed by atoms with van der Waals surface area (Å²) in [6.45, 7) is 6.88. The van der Waals surface area contributed by atoms with Crippen LogP contribution in [0.1, 0.15) is 61.0 Å². The second kappa shape index (κ2) is 9.67. The predicted octanol–water partition coefficient (Wildman–Crippen LogP) is 2.46. The van der Waals surface area contributed by atoms with E-state index in [0.29, 0.717) is 29.7 Å². The number of phenols is 1. The fourth-order valence-electron chi connectivity index (χ4n) is 7.12. The largest absolute Gasteiger partial charge is 0.511 e. The number of piperidine rings is 1. The minimum atomic E-state index is -2.57. The summed E-state index contributed by atoms with van der Waals surface area (Å²) in [5.74, 6) is -4.59. The summed E-state index contributed by atoms with van der Waals surface area (Å²) in [5.41, 5.74) is 2.95. The number of nitrogens with two attached hydrogens (primary N) is 1. The summed E-state index contributed by atoms with van der Waals surface area (Å²) in [6, 6.07) is 1.51. The fraction of sp³-hybridized carbons (Fsp3) is 0.552. The molecule has 1 unspecified atom stereocenters. The van der Waals surface area contributed by atoms with Gasteiger partial charge in [-0.1, -0.05) is 13.8 Å². The molecule has 3 atom stereocenters. The van der Waals surface area contributed by atoms with Crippen molar-refractivity contribution in [2.24, 2.45) is 29.4 Å². The molecule has 0 saturated carbocycles. The molecule has 0 spiro atoms. The zero-order valence-corrected chi connectivity index (χ0v) is 22.5. The number of ether oxygens (including phenoxy) is 1. The number of primary amides is 1. The maximum absolute atomic E-state index is 13.7. The molecule has 5 rings (SSSR count). The number of aliphatic hydroxyl groups excluding tert-OH is 2. The molecule has 1 heterocycles. The Morgan fingerprint density at radius 2 is 1.85 bits per heavy atom. The van der Waals surface area contributed by atoms with Crippen molar-refractivity contribution in [1.82, 2.24) is 4.90 Å². The van der Waals surface area contributed by atoms with Gasteiger partial charge in [-0.15, -0.1) is 0 Å². The highest BCUT2D eigenvalue weighted by molar-refractivity contribution is 6.24. The number of hydrogen-bond donors (Lipinski definition) is 5. The molecule has 39 heavy (non-hydrogen) atoms. The average molecular weight is 541 g/mol. The van der Waals surface area contributed by atoms with Crippen LogP contribution < -0.4 is 10.5 Å². The first-order valence-corrected chi connectivity index (χ1v) is 13.5. The molecular formula is C29H36N2O8. The topological polar surface area (TPSA) is 171 Å². The Bertz CT molecular complexity index is 1320. The van der Waals surface area contributed by atoms with Gasteiger partial charge in [0, 0.05) is 35.6 Å². The van der Waals surface area contributed by atoms with E-state index in [1.807, 2.05) is 0 Å². The lowest BCUT2D eigenvalue weighted by Crippen LogP contribution is -2.57. The van der Waals surface area contributed by atoms with Crippen LogP contribution in [-0.2, 0) is 22.6 Å². The normalized spacial score (nSPS) is 27.9. The van der Waals surface area contributed by atoms with Crippen molar-refractivity contribution in [2.45, 2.75) is 58.1 Å². The van der Waals surface area contributed by atoms with E-state index in [1.165, 1.54) is 13.2 Å². The number of Topliss-reactive ketones (excluding diaryl/α,β-unsaturated/α-hetero) is 2. The fourth-order valence-corrected chi connectivity index (χ4v) is 7.12. The second-order valence-electron chi connectivity index (χ2n) is 11.7. The Hall–Kier alpha value is -3.37. The summed E-state index contributed by atoms with van der Waals surface area (Å²) >= 11 is 0. The standard InChI is InChI=1S/C29H36N2O8/c1-13(2)14-4-6-31(7-5-14)12-16-10-19(32)22-18(25(16)39-3)9-15-8-17-11-20(33)23(28(30)37)27(36)29(17,38)26(35)21(15)24(22)34/h10,13-15,17,32-33,35,38H,4-9,11-12H2,1-3H3,(H2,30,37)/t15?,17-,29-/m0/s1. The van der Waals surface area contributed by atoms with Gasteiger partial charge in [0.05, 0.1) is 12.7 Å². The molecule has 10 heteroatoms. The van der Waals surface area contributed by atoms with E-state index in [2.05, 4.69) is 18.7 Å². The predicted molar refractivity (Wildman–Crippen MR) is 140 cm³/mol. The molecule has 210 valence electrons. The monoisotopic (exact) mass is 540 g/mol. The van der Waals surface area contributed by atoms with Crippen molar-refractivity contribution in [3.8, 4) is 11.5 Å². The third kappa shape index (κ3) is 4.12. The van der Waals surface area contributed by atoms with E-state index in [4.69, 9.17) is 10.5 Å². The number of carbonyl (C=O) groups is 3. The highest BCUT2D eigenvalue weighted by Gasteiger charge is 2.59. The maximum Gasteiger partial charge on any atom is 0.255 e. The number of allylic oxidation sites excluding steroid dienone is 2. The number of nitrogens with zero attached hydrogens (tertiary/aromatic N) is 1. The number of amides is 1. The molecule has 0 bridgehead atoms. The minimum absolute atomic E-state index is 0.0364. The minimum Gasteiger partial charge on any atom is -0.511 e. The van der Waals surface area contributed by atoms with E-state index in [0.717, 1.165) is 31.5 Å². The van der Waals surface area contributed by atoms with Crippen LogP contribution >= 0.6 is 0 Å². The molecule has 1 amide bonds. The molecule has 1 aromatic carbocycles. The molecule has 0 aromatic heterocycles. The molecule has 1 aromatic rings. The van der Waals surface area contributed by atoms with Crippen molar-refractivity contribution in [3.63, 3.8) is 0 Å². The molecular weight excluding hydrogens is 504 g/mol. The van der Waals surface area contributed by atoms with Crippen LogP contribution in [0.15, 0.2) is 28.7 Å². The Morgan fingerprint density at radius 1 is 1.18 bits per heavy atom. The van der Waals surface area contributed by atoms with Crippen LogP contribution in [0, 0.1) is 23.7 Å². The van der Waals surface area contributed by atoms with Gasteiger partial charge < -0.3 is 30.9 Å². The van der Waals surface area contributed by atoms with E-state index in [1.54, 1.807) is 0 Å².